The fourth-order valence-electron chi connectivity index (χ4n) is 2.34. The van der Waals surface area contributed by atoms with Gasteiger partial charge in [-0.3, -0.25) is 4.79 Å². The van der Waals surface area contributed by atoms with Crippen molar-refractivity contribution >= 4 is 23.2 Å². The number of carbonyl (C=O) groups is 1. The van der Waals surface area contributed by atoms with Crippen LogP contribution in [0.4, 0.5) is 10.1 Å². The molecule has 3 nitrogen and oxygen atoms in total. The SMILES string of the molecule is NC1CCCC(C(=O)Nc2cc(F)cc(Cl)c2)C1. The lowest BCUT2D eigenvalue weighted by Crippen LogP contribution is -2.34. The third-order valence-electron chi connectivity index (χ3n) is 3.22. The predicted octanol–water partition coefficient (Wildman–Crippen LogP) is 2.94. The molecule has 98 valence electrons. The molecule has 0 spiro atoms. The summed E-state index contributed by atoms with van der Waals surface area (Å²) in [4.78, 5) is 12.0. The second-order valence-electron chi connectivity index (χ2n) is 4.77. The zero-order valence-corrected chi connectivity index (χ0v) is 10.7. The van der Waals surface area contributed by atoms with Crippen LogP contribution in [0.5, 0.6) is 0 Å². The molecule has 0 heterocycles. The van der Waals surface area contributed by atoms with Crippen LogP contribution in [0.25, 0.3) is 0 Å². The topological polar surface area (TPSA) is 55.1 Å². The van der Waals surface area contributed by atoms with Crippen LogP contribution in [0.3, 0.4) is 0 Å². The van der Waals surface area contributed by atoms with E-state index in [1.807, 2.05) is 0 Å². The third kappa shape index (κ3) is 3.43. The zero-order valence-electron chi connectivity index (χ0n) is 9.96. The summed E-state index contributed by atoms with van der Waals surface area (Å²) in [5, 5.41) is 2.96. The van der Waals surface area contributed by atoms with Gasteiger partial charge in [0, 0.05) is 22.7 Å². The van der Waals surface area contributed by atoms with Crippen LogP contribution in [-0.4, -0.2) is 11.9 Å². The third-order valence-corrected chi connectivity index (χ3v) is 3.43. The van der Waals surface area contributed by atoms with Gasteiger partial charge >= 0.3 is 0 Å². The van der Waals surface area contributed by atoms with E-state index in [-0.39, 0.29) is 22.9 Å². The number of rotatable bonds is 2. The Morgan fingerprint density at radius 3 is 2.83 bits per heavy atom. The summed E-state index contributed by atoms with van der Waals surface area (Å²) >= 11 is 5.73. The minimum absolute atomic E-state index is 0.0872. The van der Waals surface area contributed by atoms with E-state index in [0.717, 1.165) is 19.3 Å². The van der Waals surface area contributed by atoms with Gasteiger partial charge in [-0.05, 0) is 37.5 Å². The van der Waals surface area contributed by atoms with E-state index in [1.54, 1.807) is 0 Å². The minimum Gasteiger partial charge on any atom is -0.328 e. The van der Waals surface area contributed by atoms with Gasteiger partial charge in [0.15, 0.2) is 0 Å². The fourth-order valence-corrected chi connectivity index (χ4v) is 2.56. The van der Waals surface area contributed by atoms with Crippen molar-refractivity contribution in [1.82, 2.24) is 0 Å². The molecule has 0 radical (unpaired) electrons. The number of halogens is 2. The van der Waals surface area contributed by atoms with Gasteiger partial charge in [-0.1, -0.05) is 18.0 Å². The lowest BCUT2D eigenvalue weighted by Gasteiger charge is -2.25. The van der Waals surface area contributed by atoms with Crippen molar-refractivity contribution in [3.63, 3.8) is 0 Å². The molecule has 0 aromatic heterocycles. The van der Waals surface area contributed by atoms with Crippen LogP contribution in [0.1, 0.15) is 25.7 Å². The summed E-state index contributed by atoms with van der Waals surface area (Å²) in [5.41, 5.74) is 6.24. The van der Waals surface area contributed by atoms with E-state index in [1.165, 1.54) is 18.2 Å². The quantitative estimate of drug-likeness (QED) is 0.868. The van der Waals surface area contributed by atoms with E-state index in [4.69, 9.17) is 17.3 Å². The Kier molecular flexibility index (Phi) is 4.19. The Bertz CT molecular complexity index is 432. The first kappa shape index (κ1) is 13.3. The molecule has 1 fully saturated rings. The molecule has 0 saturated heterocycles. The number of nitrogens with one attached hydrogen (secondary N) is 1. The highest BCUT2D eigenvalue weighted by atomic mass is 35.5. The number of amides is 1. The molecule has 0 bridgehead atoms. The second-order valence-corrected chi connectivity index (χ2v) is 5.21. The molecule has 2 rings (SSSR count). The maximum atomic E-state index is 13.1. The molecule has 1 saturated carbocycles. The number of benzene rings is 1. The number of hydrogen-bond donors (Lipinski definition) is 2. The number of hydrogen-bond acceptors (Lipinski definition) is 2. The predicted molar refractivity (Wildman–Crippen MR) is 70.0 cm³/mol. The average Bonchev–Trinajstić information content (AvgIpc) is 2.27. The molecule has 2 unspecified atom stereocenters. The first-order valence-electron chi connectivity index (χ1n) is 6.07. The molecule has 1 aromatic rings. The largest absolute Gasteiger partial charge is 0.328 e. The molecule has 2 atom stereocenters. The molecule has 3 N–H and O–H groups in total. The van der Waals surface area contributed by atoms with Gasteiger partial charge in [-0.25, -0.2) is 4.39 Å². The van der Waals surface area contributed by atoms with E-state index in [0.29, 0.717) is 12.1 Å². The van der Waals surface area contributed by atoms with Crippen LogP contribution in [0.2, 0.25) is 5.02 Å². The standard InChI is InChI=1S/C13H16ClFN2O/c14-9-5-10(15)7-12(6-9)17-13(18)8-2-1-3-11(16)4-8/h5-8,11H,1-4,16H2,(H,17,18). The summed E-state index contributed by atoms with van der Waals surface area (Å²) in [5.74, 6) is -0.652. The highest BCUT2D eigenvalue weighted by Crippen LogP contribution is 2.25. The Labute approximate surface area is 111 Å². The maximum absolute atomic E-state index is 13.1. The van der Waals surface area contributed by atoms with Crippen molar-refractivity contribution in [2.45, 2.75) is 31.7 Å². The molecule has 0 aliphatic heterocycles. The van der Waals surface area contributed by atoms with Gasteiger partial charge in [0.25, 0.3) is 0 Å². The van der Waals surface area contributed by atoms with Crippen molar-refractivity contribution in [2.24, 2.45) is 11.7 Å². The van der Waals surface area contributed by atoms with Gasteiger partial charge in [-0.15, -0.1) is 0 Å². The number of nitrogens with two attached hydrogens (primary N) is 1. The van der Waals surface area contributed by atoms with Crippen molar-refractivity contribution in [3.05, 3.63) is 29.0 Å². The number of anilines is 1. The van der Waals surface area contributed by atoms with Gasteiger partial charge in [0.05, 0.1) is 0 Å². The second kappa shape index (κ2) is 5.67. The van der Waals surface area contributed by atoms with Crippen molar-refractivity contribution in [1.29, 1.82) is 0 Å². The van der Waals surface area contributed by atoms with E-state index in [2.05, 4.69) is 5.32 Å². The first-order chi connectivity index (χ1) is 8.54. The molecule has 1 aliphatic carbocycles. The lowest BCUT2D eigenvalue weighted by atomic mass is 9.85. The monoisotopic (exact) mass is 270 g/mol. The Hall–Kier alpha value is -1.13. The van der Waals surface area contributed by atoms with Crippen LogP contribution in [-0.2, 0) is 4.79 Å². The van der Waals surface area contributed by atoms with Crippen LogP contribution >= 0.6 is 11.6 Å². The smallest absolute Gasteiger partial charge is 0.227 e. The van der Waals surface area contributed by atoms with Crippen molar-refractivity contribution in [2.75, 3.05) is 5.32 Å². The molecule has 1 aromatic carbocycles. The van der Waals surface area contributed by atoms with Gasteiger partial charge < -0.3 is 11.1 Å². The fraction of sp³-hybridized carbons (Fsp3) is 0.462. The Balaban J connectivity index is 2.02. The Morgan fingerprint density at radius 1 is 1.39 bits per heavy atom. The minimum atomic E-state index is -0.460. The zero-order chi connectivity index (χ0) is 13.1. The van der Waals surface area contributed by atoms with Crippen molar-refractivity contribution < 1.29 is 9.18 Å². The molecular formula is C13H16ClFN2O. The van der Waals surface area contributed by atoms with Crippen molar-refractivity contribution in [3.8, 4) is 0 Å². The number of carbonyl (C=O) groups excluding carboxylic acids is 1. The maximum Gasteiger partial charge on any atom is 0.227 e. The first-order valence-corrected chi connectivity index (χ1v) is 6.45. The average molecular weight is 271 g/mol. The molecule has 18 heavy (non-hydrogen) atoms. The summed E-state index contributed by atoms with van der Waals surface area (Å²) in [6.45, 7) is 0. The molecule has 5 heteroatoms. The van der Waals surface area contributed by atoms with Crippen LogP contribution in [0, 0.1) is 11.7 Å². The molecular weight excluding hydrogens is 255 g/mol. The Morgan fingerprint density at radius 2 is 2.17 bits per heavy atom. The molecule has 1 aliphatic rings. The summed E-state index contributed by atoms with van der Waals surface area (Å²) < 4.78 is 13.1. The van der Waals surface area contributed by atoms with E-state index < -0.39 is 5.82 Å². The molecule has 1 amide bonds. The van der Waals surface area contributed by atoms with Gasteiger partial charge in [0.1, 0.15) is 5.82 Å². The van der Waals surface area contributed by atoms with E-state index >= 15 is 0 Å². The van der Waals surface area contributed by atoms with E-state index in [9.17, 15) is 9.18 Å². The normalized spacial score (nSPS) is 23.7. The van der Waals surface area contributed by atoms with Crippen LogP contribution < -0.4 is 11.1 Å². The highest BCUT2D eigenvalue weighted by molar-refractivity contribution is 6.30. The summed E-state index contributed by atoms with van der Waals surface area (Å²) in [6, 6.07) is 4.08. The van der Waals surface area contributed by atoms with Gasteiger partial charge in [-0.2, -0.15) is 0 Å². The highest BCUT2D eigenvalue weighted by Gasteiger charge is 2.25. The summed E-state index contributed by atoms with van der Waals surface area (Å²) in [6.07, 6.45) is 3.45. The van der Waals surface area contributed by atoms with Gasteiger partial charge in [0.2, 0.25) is 5.91 Å². The lowest BCUT2D eigenvalue weighted by molar-refractivity contribution is -0.120. The summed E-state index contributed by atoms with van der Waals surface area (Å²) in [7, 11) is 0. The van der Waals surface area contributed by atoms with Crippen LogP contribution in [0.15, 0.2) is 18.2 Å².